The van der Waals surface area contributed by atoms with Crippen LogP contribution in [0.5, 0.6) is 0 Å². The van der Waals surface area contributed by atoms with E-state index in [4.69, 9.17) is 28.3 Å². The van der Waals surface area contributed by atoms with E-state index in [0.717, 1.165) is 42.5 Å². The molecule has 3 fully saturated rings. The first-order chi connectivity index (χ1) is 19.3. The molecule has 0 bridgehead atoms. The molecule has 5 heterocycles. The molecule has 1 aromatic carbocycles. The van der Waals surface area contributed by atoms with Crippen molar-refractivity contribution in [2.24, 2.45) is 9.98 Å². The molecule has 0 aliphatic carbocycles. The van der Waals surface area contributed by atoms with Crippen molar-refractivity contribution < 1.29 is 27.7 Å². The number of aromatic amines is 1. The standard InChI is InChI=1S/C29H41B2FN4O5/c1-26(2)27(3,4)39-30(38-26)31-40-28(5,6)29(7,41-31)11-8-20-18-37-15-14-36(20)24-10-13-34-25(35-24)22-16-19(32)17-23-21(22)9-12-33-23/h9,12,16-17,20,33H,8,10-11,13-15,18H2,1-7H3. The van der Waals surface area contributed by atoms with E-state index in [1.807, 2.05) is 40.0 Å². The summed E-state index contributed by atoms with van der Waals surface area (Å²) in [5.41, 5.74) is -0.593. The fourth-order valence-corrected chi connectivity index (χ4v) is 6.13. The Morgan fingerprint density at radius 1 is 1.00 bits per heavy atom. The van der Waals surface area contributed by atoms with Crippen molar-refractivity contribution in [1.29, 1.82) is 0 Å². The number of nitrogens with zero attached hydrogens (tertiary/aromatic N) is 3. The zero-order valence-electron chi connectivity index (χ0n) is 25.3. The molecule has 1 aromatic heterocycles. The lowest BCUT2D eigenvalue weighted by Gasteiger charge is -2.42. The van der Waals surface area contributed by atoms with Gasteiger partial charge in [-0.3, -0.25) is 4.99 Å². The van der Waals surface area contributed by atoms with E-state index in [2.05, 4.69) is 35.6 Å². The van der Waals surface area contributed by atoms with Crippen molar-refractivity contribution in [3.63, 3.8) is 0 Å². The Labute approximate surface area is 242 Å². The molecule has 1 N–H and O–H groups in total. The van der Waals surface area contributed by atoms with E-state index in [9.17, 15) is 4.39 Å². The van der Waals surface area contributed by atoms with Gasteiger partial charge in [-0.15, -0.1) is 0 Å². The van der Waals surface area contributed by atoms with Gasteiger partial charge in [0.25, 0.3) is 0 Å². The Kier molecular flexibility index (Phi) is 7.17. The van der Waals surface area contributed by atoms with E-state index in [1.54, 1.807) is 0 Å². The number of hydrogen-bond donors (Lipinski definition) is 1. The lowest BCUT2D eigenvalue weighted by Crippen LogP contribution is -2.51. The fourth-order valence-electron chi connectivity index (χ4n) is 6.13. The maximum atomic E-state index is 14.4. The molecule has 12 heteroatoms. The van der Waals surface area contributed by atoms with Gasteiger partial charge in [0, 0.05) is 42.2 Å². The van der Waals surface area contributed by atoms with Crippen LogP contribution in [-0.2, 0) is 23.4 Å². The lowest BCUT2D eigenvalue weighted by atomic mass is 9.49. The summed E-state index contributed by atoms with van der Waals surface area (Å²) in [6.07, 6.45) is 4.13. The number of halogens is 1. The van der Waals surface area contributed by atoms with Crippen LogP contribution in [0.3, 0.4) is 0 Å². The molecule has 0 saturated carbocycles. The highest BCUT2D eigenvalue weighted by Gasteiger charge is 2.64. The third-order valence-corrected chi connectivity index (χ3v) is 9.77. The van der Waals surface area contributed by atoms with Crippen molar-refractivity contribution in [2.45, 2.75) is 96.2 Å². The predicted octanol–water partition coefficient (Wildman–Crippen LogP) is 4.58. The number of rotatable bonds is 5. The summed E-state index contributed by atoms with van der Waals surface area (Å²) in [6.45, 7) is 17.0. The van der Waals surface area contributed by atoms with Crippen LogP contribution in [0, 0.1) is 5.82 Å². The summed E-state index contributed by atoms with van der Waals surface area (Å²) in [7, 11) is -1.22. The maximum absolute atomic E-state index is 14.4. The Morgan fingerprint density at radius 2 is 1.71 bits per heavy atom. The average Bonchev–Trinajstić information content (AvgIpc) is 3.54. The molecule has 4 aliphatic heterocycles. The molecule has 2 aromatic rings. The number of aromatic nitrogens is 1. The summed E-state index contributed by atoms with van der Waals surface area (Å²) in [5, 5.41) is 0.916. The summed E-state index contributed by atoms with van der Waals surface area (Å²) in [5.74, 6) is 1.24. The first kappa shape index (κ1) is 28.9. The number of H-pyrrole nitrogens is 1. The topological polar surface area (TPSA) is 89.9 Å². The second-order valence-electron chi connectivity index (χ2n) is 13.3. The van der Waals surface area contributed by atoms with Gasteiger partial charge in [0.2, 0.25) is 0 Å². The highest BCUT2D eigenvalue weighted by molar-refractivity contribution is 7.11. The van der Waals surface area contributed by atoms with Gasteiger partial charge < -0.3 is 33.2 Å². The minimum absolute atomic E-state index is 0.119. The Bertz CT molecular complexity index is 1360. The summed E-state index contributed by atoms with van der Waals surface area (Å²) in [4.78, 5) is 15.1. The number of nitrogens with one attached hydrogen (secondary N) is 1. The van der Waals surface area contributed by atoms with Gasteiger partial charge in [-0.1, -0.05) is 0 Å². The van der Waals surface area contributed by atoms with Crippen LogP contribution in [-0.4, -0.2) is 90.3 Å². The molecule has 0 spiro atoms. The molecule has 220 valence electrons. The number of fused-ring (bicyclic) bond motifs is 1. The van der Waals surface area contributed by atoms with E-state index in [-0.39, 0.29) is 11.9 Å². The largest absolute Gasteiger partial charge is 0.488 e. The number of aliphatic imine (C=N–C) groups is 2. The van der Waals surface area contributed by atoms with Crippen molar-refractivity contribution in [1.82, 2.24) is 9.88 Å². The maximum Gasteiger partial charge on any atom is 0.488 e. The molecule has 41 heavy (non-hydrogen) atoms. The van der Waals surface area contributed by atoms with Gasteiger partial charge in [0.15, 0.2) is 5.84 Å². The first-order valence-electron chi connectivity index (χ1n) is 14.7. The van der Waals surface area contributed by atoms with Gasteiger partial charge in [0.05, 0.1) is 41.7 Å². The molecule has 2 unspecified atom stereocenters. The second-order valence-corrected chi connectivity index (χ2v) is 13.3. The summed E-state index contributed by atoms with van der Waals surface area (Å²) >= 11 is 0. The monoisotopic (exact) mass is 566 g/mol. The van der Waals surface area contributed by atoms with Crippen molar-refractivity contribution >= 4 is 36.6 Å². The smallest absolute Gasteiger partial charge is 0.405 e. The molecule has 3 saturated heterocycles. The molecular weight excluding hydrogens is 525 g/mol. The number of hydrogen-bond acceptors (Lipinski definition) is 8. The van der Waals surface area contributed by atoms with Gasteiger partial charge in [-0.2, -0.15) is 0 Å². The third-order valence-electron chi connectivity index (χ3n) is 9.77. The zero-order valence-corrected chi connectivity index (χ0v) is 25.3. The van der Waals surface area contributed by atoms with Gasteiger partial charge in [-0.25, -0.2) is 9.38 Å². The summed E-state index contributed by atoms with van der Waals surface area (Å²) < 4.78 is 45.9. The molecule has 0 amide bonds. The van der Waals surface area contributed by atoms with Crippen LogP contribution >= 0.6 is 0 Å². The van der Waals surface area contributed by atoms with E-state index < -0.39 is 36.4 Å². The first-order valence-corrected chi connectivity index (χ1v) is 14.7. The molecule has 4 aliphatic rings. The Morgan fingerprint density at radius 3 is 2.46 bits per heavy atom. The van der Waals surface area contributed by atoms with Crippen LogP contribution in [0.25, 0.3) is 10.9 Å². The molecule has 6 rings (SSSR count). The van der Waals surface area contributed by atoms with Crippen LogP contribution in [0.4, 0.5) is 4.39 Å². The minimum atomic E-state index is -0.618. The molecular formula is C29H41B2FN4O5. The zero-order chi connectivity index (χ0) is 29.2. The third kappa shape index (κ3) is 5.16. The van der Waals surface area contributed by atoms with E-state index >= 15 is 0 Å². The minimum Gasteiger partial charge on any atom is -0.405 e. The van der Waals surface area contributed by atoms with Gasteiger partial charge in [-0.05, 0) is 79.5 Å². The van der Waals surface area contributed by atoms with Crippen molar-refractivity contribution in [2.75, 3.05) is 26.3 Å². The number of morpholine rings is 1. The van der Waals surface area contributed by atoms with E-state index in [1.165, 1.54) is 12.1 Å². The second kappa shape index (κ2) is 10.2. The van der Waals surface area contributed by atoms with Gasteiger partial charge >= 0.3 is 14.0 Å². The number of benzene rings is 1. The predicted molar refractivity (Wildman–Crippen MR) is 159 cm³/mol. The van der Waals surface area contributed by atoms with Crippen molar-refractivity contribution in [3.8, 4) is 0 Å². The van der Waals surface area contributed by atoms with Crippen LogP contribution in [0.2, 0.25) is 0 Å². The van der Waals surface area contributed by atoms with Gasteiger partial charge in [0.1, 0.15) is 11.7 Å². The van der Waals surface area contributed by atoms with Crippen LogP contribution in [0.15, 0.2) is 34.4 Å². The van der Waals surface area contributed by atoms with Crippen LogP contribution < -0.4 is 0 Å². The average molecular weight is 566 g/mol. The number of amidine groups is 2. The molecule has 0 radical (unpaired) electrons. The van der Waals surface area contributed by atoms with Crippen molar-refractivity contribution in [3.05, 3.63) is 35.8 Å². The Hall–Kier alpha value is -2.24. The Balaban J connectivity index is 1.18. The molecule has 9 nitrogen and oxygen atoms in total. The SMILES string of the molecule is CC1(C)OB(B2OC(C)(C)C(C)(CCC3COCCN3C3=NC(c4cc(F)cc5[nH]ccc45)=NCC3)O2)OC1(C)C. The highest BCUT2D eigenvalue weighted by Crippen LogP contribution is 2.45. The number of ether oxygens (including phenoxy) is 1. The lowest BCUT2D eigenvalue weighted by molar-refractivity contribution is -0.0315. The normalized spacial score (nSPS) is 29.3. The van der Waals surface area contributed by atoms with Crippen LogP contribution in [0.1, 0.15) is 73.3 Å². The summed E-state index contributed by atoms with van der Waals surface area (Å²) in [6, 6.07) is 5.08. The quantitative estimate of drug-likeness (QED) is 0.534. The fraction of sp³-hybridized carbons (Fsp3) is 0.655. The highest BCUT2D eigenvalue weighted by atomic mass is 19.1. The molecule has 2 atom stereocenters. The van der Waals surface area contributed by atoms with E-state index in [0.29, 0.717) is 31.2 Å².